The molecule has 2 bridgehead atoms. The predicted molar refractivity (Wildman–Crippen MR) is 166 cm³/mol. The van der Waals surface area contributed by atoms with Crippen LogP contribution >= 0.6 is 0 Å². The van der Waals surface area contributed by atoms with Crippen molar-refractivity contribution in [3.05, 3.63) is 10.1 Å². The van der Waals surface area contributed by atoms with Crippen molar-refractivity contribution in [1.82, 2.24) is 10.7 Å². The van der Waals surface area contributed by atoms with Crippen molar-refractivity contribution < 1.29 is 23.9 Å². The predicted octanol–water partition coefficient (Wildman–Crippen LogP) is 4.60. The van der Waals surface area contributed by atoms with Gasteiger partial charge in [0.1, 0.15) is 5.78 Å². The van der Waals surface area contributed by atoms with Crippen molar-refractivity contribution in [3.63, 3.8) is 0 Å². The van der Waals surface area contributed by atoms with Gasteiger partial charge in [-0.2, -0.15) is 0 Å². The molecular formula is C31H54BN5O6. The highest BCUT2D eigenvalue weighted by molar-refractivity contribution is 6.47. The number of rotatable bonds is 14. The van der Waals surface area contributed by atoms with Gasteiger partial charge in [0.05, 0.1) is 17.6 Å². The fourth-order valence-electron chi connectivity index (χ4n) is 8.36. The van der Waals surface area contributed by atoms with E-state index in [1.54, 1.807) is 0 Å². The summed E-state index contributed by atoms with van der Waals surface area (Å²) >= 11 is 0. The minimum absolute atomic E-state index is 0.0221. The molecule has 0 radical (unpaired) electrons. The first kappa shape index (κ1) is 33.7. The van der Waals surface area contributed by atoms with Crippen LogP contribution in [0.5, 0.6) is 0 Å². The Kier molecular flexibility index (Phi) is 11.2. The molecule has 6 atom stereocenters. The number of aliphatic imine (C=N–C) groups is 1. The average Bonchev–Trinajstić information content (AvgIpc) is 3.07. The molecule has 4 saturated carbocycles. The van der Waals surface area contributed by atoms with Crippen molar-refractivity contribution in [2.75, 3.05) is 6.54 Å². The number of amides is 1. The molecule has 1 saturated heterocycles. The summed E-state index contributed by atoms with van der Waals surface area (Å²) in [6, 6.07) is 0. The number of nitrogens with zero attached hydrogens (tertiary/aromatic N) is 2. The standard InChI is InChI=1S/C31H54BN5O6/c1-20(2)15-27(32-42-26-19-23-18-25(30(23,3)4)31(26,5)43-32)35-28(39)22(13-10-14-34-29(33)36-37(40)41)17-24(38)16-21-11-8-6-7-9-12-21/h20-23,25-27H,6-19H2,1-5H3,(H,35,39)(H3,33,34,36)/t22-,23+,25+,26-,27+,31+/m1/s1. The largest absolute Gasteiger partial charge is 0.481 e. The molecule has 5 rings (SSSR count). The molecule has 1 heterocycles. The summed E-state index contributed by atoms with van der Waals surface area (Å²) in [4.78, 5) is 41.8. The van der Waals surface area contributed by atoms with E-state index in [9.17, 15) is 19.7 Å². The summed E-state index contributed by atoms with van der Waals surface area (Å²) < 4.78 is 13.3. The number of carbonyl (C=O) groups is 2. The van der Waals surface area contributed by atoms with Crippen molar-refractivity contribution in [1.29, 1.82) is 0 Å². The lowest BCUT2D eigenvalue weighted by Crippen LogP contribution is -2.65. The molecule has 5 aliphatic rings. The number of guanidine groups is 1. The summed E-state index contributed by atoms with van der Waals surface area (Å²) in [5, 5.41) is 13.1. The second-order valence-electron chi connectivity index (χ2n) is 14.9. The zero-order chi connectivity index (χ0) is 31.4. The van der Waals surface area contributed by atoms with Gasteiger partial charge in [-0.15, -0.1) is 0 Å². The molecule has 242 valence electrons. The van der Waals surface area contributed by atoms with E-state index in [2.05, 4.69) is 44.9 Å². The van der Waals surface area contributed by atoms with Crippen LogP contribution < -0.4 is 16.5 Å². The van der Waals surface area contributed by atoms with E-state index in [1.807, 2.05) is 5.43 Å². The van der Waals surface area contributed by atoms with Gasteiger partial charge in [0.15, 0.2) is 5.03 Å². The Morgan fingerprint density at radius 1 is 1.14 bits per heavy atom. The Bertz CT molecular complexity index is 1030. The minimum Gasteiger partial charge on any atom is -0.404 e. The third-order valence-corrected chi connectivity index (χ3v) is 10.9. The maximum atomic E-state index is 13.9. The van der Waals surface area contributed by atoms with Crippen LogP contribution in [0.2, 0.25) is 0 Å². The second-order valence-corrected chi connectivity index (χ2v) is 14.9. The van der Waals surface area contributed by atoms with Gasteiger partial charge >= 0.3 is 7.12 Å². The molecule has 43 heavy (non-hydrogen) atoms. The molecule has 1 amide bonds. The molecule has 0 unspecified atom stereocenters. The number of nitrogens with one attached hydrogen (secondary N) is 2. The highest BCUT2D eigenvalue weighted by atomic mass is 16.7. The van der Waals surface area contributed by atoms with Crippen LogP contribution in [-0.4, -0.2) is 54.0 Å². The van der Waals surface area contributed by atoms with Gasteiger partial charge in [-0.1, -0.05) is 71.6 Å². The summed E-state index contributed by atoms with van der Waals surface area (Å²) in [5.74, 6) is 0.583. The van der Waals surface area contributed by atoms with Crippen molar-refractivity contribution in [3.8, 4) is 0 Å². The average molecular weight is 604 g/mol. The van der Waals surface area contributed by atoms with Crippen LogP contribution in [0, 0.1) is 45.1 Å². The van der Waals surface area contributed by atoms with Crippen LogP contribution in [0.1, 0.15) is 118 Å². The monoisotopic (exact) mass is 603 g/mol. The molecule has 0 aromatic carbocycles. The van der Waals surface area contributed by atoms with E-state index in [4.69, 9.17) is 15.0 Å². The molecular weight excluding hydrogens is 549 g/mol. The number of hydrazine groups is 1. The first-order valence-corrected chi connectivity index (χ1v) is 16.7. The Labute approximate surface area is 257 Å². The van der Waals surface area contributed by atoms with Crippen LogP contribution in [-0.2, 0) is 18.9 Å². The Morgan fingerprint density at radius 2 is 1.84 bits per heavy atom. The quantitative estimate of drug-likeness (QED) is 0.0495. The van der Waals surface area contributed by atoms with Gasteiger partial charge in [0.25, 0.3) is 5.96 Å². The molecule has 12 heteroatoms. The SMILES string of the molecule is CC(C)C[C@H](NC(=O)[C@H](CCCN=C(N)N[N+](=O)[O-])CC(=O)CC1CCCCCC1)B1O[C@@H]2C[C@@H]3C[C@@H](C3(C)C)[C@]2(C)O1. The normalized spacial score (nSPS) is 30.1. The molecule has 1 aliphatic heterocycles. The van der Waals surface area contributed by atoms with E-state index < -0.39 is 18.1 Å². The highest BCUT2D eigenvalue weighted by Crippen LogP contribution is 2.65. The van der Waals surface area contributed by atoms with E-state index in [-0.39, 0.29) is 53.7 Å². The number of nitrogens with two attached hydrogens (primary N) is 1. The fraction of sp³-hybridized carbons (Fsp3) is 0.903. The van der Waals surface area contributed by atoms with Crippen molar-refractivity contribution in [2.24, 2.45) is 45.7 Å². The lowest BCUT2D eigenvalue weighted by molar-refractivity contribution is -0.525. The maximum absolute atomic E-state index is 13.9. The van der Waals surface area contributed by atoms with Crippen LogP contribution in [0.3, 0.4) is 0 Å². The molecule has 0 aromatic rings. The van der Waals surface area contributed by atoms with Gasteiger partial charge in [-0.05, 0) is 68.1 Å². The summed E-state index contributed by atoms with van der Waals surface area (Å²) in [6.45, 7) is 11.3. The first-order valence-electron chi connectivity index (χ1n) is 16.7. The van der Waals surface area contributed by atoms with Gasteiger partial charge in [0, 0.05) is 25.3 Å². The van der Waals surface area contributed by atoms with E-state index in [0.717, 1.165) is 38.5 Å². The molecule has 0 aromatic heterocycles. The van der Waals surface area contributed by atoms with E-state index in [0.29, 0.717) is 49.4 Å². The number of Topliss-reactive ketones (excluding diaryl/α,β-unsaturated/α-hetero) is 1. The van der Waals surface area contributed by atoms with Gasteiger partial charge in [0.2, 0.25) is 5.91 Å². The zero-order valence-electron chi connectivity index (χ0n) is 26.9. The molecule has 0 spiro atoms. The smallest absolute Gasteiger partial charge is 0.404 e. The summed E-state index contributed by atoms with van der Waals surface area (Å²) in [7, 11) is -0.531. The molecule has 4 N–H and O–H groups in total. The zero-order valence-corrected chi connectivity index (χ0v) is 26.9. The Balaban J connectivity index is 1.42. The lowest BCUT2D eigenvalue weighted by atomic mass is 9.43. The second kappa shape index (κ2) is 14.3. The van der Waals surface area contributed by atoms with Crippen LogP contribution in [0.4, 0.5) is 0 Å². The number of nitro groups is 1. The Hall–Kier alpha value is -2.21. The van der Waals surface area contributed by atoms with Gasteiger partial charge in [-0.25, -0.2) is 15.1 Å². The van der Waals surface area contributed by atoms with Gasteiger partial charge < -0.3 is 20.4 Å². The third-order valence-electron chi connectivity index (χ3n) is 10.9. The first-order chi connectivity index (χ1) is 20.3. The van der Waals surface area contributed by atoms with Gasteiger partial charge in [-0.3, -0.25) is 9.59 Å². The maximum Gasteiger partial charge on any atom is 0.481 e. The van der Waals surface area contributed by atoms with E-state index >= 15 is 0 Å². The fourth-order valence-corrected chi connectivity index (χ4v) is 8.36. The number of hydrogen-bond acceptors (Lipinski definition) is 7. The number of ketones is 1. The highest BCUT2D eigenvalue weighted by Gasteiger charge is 2.68. The van der Waals surface area contributed by atoms with Crippen molar-refractivity contribution in [2.45, 2.75) is 136 Å². The molecule has 11 nitrogen and oxygen atoms in total. The van der Waals surface area contributed by atoms with Crippen LogP contribution in [0.25, 0.3) is 0 Å². The van der Waals surface area contributed by atoms with Crippen LogP contribution in [0.15, 0.2) is 4.99 Å². The van der Waals surface area contributed by atoms with E-state index in [1.165, 1.54) is 12.8 Å². The number of carbonyl (C=O) groups excluding carboxylic acids is 2. The Morgan fingerprint density at radius 3 is 2.47 bits per heavy atom. The third kappa shape index (κ3) is 8.29. The summed E-state index contributed by atoms with van der Waals surface area (Å²) in [5.41, 5.74) is 7.25. The molecule has 4 aliphatic carbocycles. The molecule has 5 fully saturated rings. The lowest BCUT2D eigenvalue weighted by Gasteiger charge is -2.64. The van der Waals surface area contributed by atoms with Crippen molar-refractivity contribution >= 4 is 24.8 Å². The topological polar surface area (TPSA) is 158 Å². The summed E-state index contributed by atoms with van der Waals surface area (Å²) in [6.07, 6.45) is 11.4. The minimum atomic E-state index is -0.760. The number of hydrogen-bond donors (Lipinski definition) is 3.